The summed E-state index contributed by atoms with van der Waals surface area (Å²) in [7, 11) is 1.63. The summed E-state index contributed by atoms with van der Waals surface area (Å²) in [6.07, 6.45) is 4.74. The molecule has 1 aromatic carbocycles. The minimum Gasteiger partial charge on any atom is -0.355 e. The zero-order chi connectivity index (χ0) is 16.4. The Hall–Kier alpha value is -1.39. The van der Waals surface area contributed by atoms with E-state index in [2.05, 4.69) is 10.2 Å². The van der Waals surface area contributed by atoms with Crippen molar-refractivity contribution in [2.24, 2.45) is 0 Å². The van der Waals surface area contributed by atoms with Crippen LogP contribution in [0, 0.1) is 0 Å². The van der Waals surface area contributed by atoms with Gasteiger partial charge in [-0.3, -0.25) is 14.5 Å². The van der Waals surface area contributed by atoms with E-state index in [1.807, 2.05) is 6.07 Å². The molecule has 5 heteroatoms. The van der Waals surface area contributed by atoms with E-state index in [0.29, 0.717) is 23.4 Å². The lowest BCUT2D eigenvalue weighted by Gasteiger charge is -2.35. The Morgan fingerprint density at radius 3 is 2.65 bits per heavy atom. The molecule has 0 spiro atoms. The van der Waals surface area contributed by atoms with E-state index < -0.39 is 0 Å². The van der Waals surface area contributed by atoms with Crippen LogP contribution in [0.5, 0.6) is 0 Å². The normalized spacial score (nSPS) is 25.6. The third-order valence-electron chi connectivity index (χ3n) is 5.09. The van der Waals surface area contributed by atoms with Gasteiger partial charge in [-0.1, -0.05) is 18.0 Å². The zero-order valence-electron chi connectivity index (χ0n) is 13.5. The summed E-state index contributed by atoms with van der Waals surface area (Å²) in [6.45, 7) is 2.09. The number of amides is 1. The van der Waals surface area contributed by atoms with Crippen molar-refractivity contribution in [1.29, 1.82) is 0 Å². The first kappa shape index (κ1) is 16.5. The first-order chi connectivity index (χ1) is 11.1. The summed E-state index contributed by atoms with van der Waals surface area (Å²) in [4.78, 5) is 26.8. The van der Waals surface area contributed by atoms with E-state index in [1.165, 1.54) is 19.3 Å². The predicted molar refractivity (Wildman–Crippen MR) is 91.0 cm³/mol. The lowest BCUT2D eigenvalue weighted by Crippen LogP contribution is -2.41. The first-order valence-electron chi connectivity index (χ1n) is 8.37. The Morgan fingerprint density at radius 2 is 1.96 bits per heavy atom. The maximum atomic E-state index is 12.2. The van der Waals surface area contributed by atoms with Crippen LogP contribution >= 0.6 is 11.6 Å². The number of rotatable bonds is 3. The SMILES string of the molecule is CNC(=O)c1ccc(Cl)cc1C1CC(=O)CC1N1CCCCC1. The van der Waals surface area contributed by atoms with E-state index in [4.69, 9.17) is 11.6 Å². The minimum atomic E-state index is -0.117. The molecule has 3 rings (SSSR count). The Labute approximate surface area is 142 Å². The molecule has 0 bridgehead atoms. The summed E-state index contributed by atoms with van der Waals surface area (Å²) in [5.74, 6) is 0.230. The van der Waals surface area contributed by atoms with E-state index in [0.717, 1.165) is 18.7 Å². The molecule has 1 aromatic rings. The fourth-order valence-electron chi connectivity index (χ4n) is 3.97. The van der Waals surface area contributed by atoms with E-state index in [9.17, 15) is 9.59 Å². The molecule has 1 N–H and O–H groups in total. The van der Waals surface area contributed by atoms with Crippen LogP contribution in [0.15, 0.2) is 18.2 Å². The van der Waals surface area contributed by atoms with Gasteiger partial charge in [0, 0.05) is 42.4 Å². The van der Waals surface area contributed by atoms with E-state index in [-0.39, 0.29) is 23.7 Å². The summed E-state index contributed by atoms with van der Waals surface area (Å²) in [5.41, 5.74) is 1.55. The molecule has 2 atom stereocenters. The number of ketones is 1. The van der Waals surface area contributed by atoms with Gasteiger partial charge in [-0.15, -0.1) is 0 Å². The van der Waals surface area contributed by atoms with Crippen molar-refractivity contribution < 1.29 is 9.59 Å². The molecule has 2 unspecified atom stereocenters. The summed E-state index contributed by atoms with van der Waals surface area (Å²) in [5, 5.41) is 3.30. The number of Topliss-reactive ketones (excluding diaryl/α,β-unsaturated/α-hetero) is 1. The van der Waals surface area contributed by atoms with Crippen molar-refractivity contribution in [3.8, 4) is 0 Å². The van der Waals surface area contributed by atoms with Crippen molar-refractivity contribution in [1.82, 2.24) is 10.2 Å². The molecular weight excluding hydrogens is 312 g/mol. The van der Waals surface area contributed by atoms with Crippen LogP contribution in [-0.2, 0) is 4.79 Å². The highest BCUT2D eigenvalue weighted by Crippen LogP contribution is 2.39. The summed E-state index contributed by atoms with van der Waals surface area (Å²) in [6, 6.07) is 5.57. The van der Waals surface area contributed by atoms with Gasteiger partial charge in [0.25, 0.3) is 5.91 Å². The second-order valence-corrected chi connectivity index (χ2v) is 6.96. The molecule has 23 heavy (non-hydrogen) atoms. The summed E-state index contributed by atoms with van der Waals surface area (Å²) < 4.78 is 0. The lowest BCUT2D eigenvalue weighted by molar-refractivity contribution is -0.117. The van der Waals surface area contributed by atoms with E-state index in [1.54, 1.807) is 19.2 Å². The molecule has 0 aromatic heterocycles. The second kappa shape index (κ2) is 7.02. The van der Waals surface area contributed by atoms with Crippen molar-refractivity contribution >= 4 is 23.3 Å². The van der Waals surface area contributed by atoms with Gasteiger partial charge in [-0.25, -0.2) is 0 Å². The second-order valence-electron chi connectivity index (χ2n) is 6.53. The standard InChI is InChI=1S/C18H23ClN2O2/c1-20-18(23)14-6-5-12(19)9-15(14)16-10-13(22)11-17(16)21-7-3-2-4-8-21/h5-6,9,16-17H,2-4,7-8,10-11H2,1H3,(H,20,23). The molecule has 1 amide bonds. The number of piperidine rings is 1. The van der Waals surface area contributed by atoms with Crippen LogP contribution in [-0.4, -0.2) is 42.8 Å². The number of hydrogen-bond acceptors (Lipinski definition) is 3. The number of nitrogens with one attached hydrogen (secondary N) is 1. The van der Waals surface area contributed by atoms with Crippen molar-refractivity contribution in [2.75, 3.05) is 20.1 Å². The predicted octanol–water partition coefficient (Wildman–Crippen LogP) is 3.00. The maximum absolute atomic E-state index is 12.2. The van der Waals surface area contributed by atoms with Gasteiger partial charge in [-0.05, 0) is 49.7 Å². The van der Waals surface area contributed by atoms with Crippen molar-refractivity contribution in [2.45, 2.75) is 44.1 Å². The first-order valence-corrected chi connectivity index (χ1v) is 8.75. The van der Waals surface area contributed by atoms with Crippen molar-refractivity contribution in [3.63, 3.8) is 0 Å². The Morgan fingerprint density at radius 1 is 1.22 bits per heavy atom. The van der Waals surface area contributed by atoms with Crippen LogP contribution in [0.2, 0.25) is 5.02 Å². The summed E-state index contributed by atoms with van der Waals surface area (Å²) >= 11 is 6.18. The van der Waals surface area contributed by atoms with Gasteiger partial charge in [0.2, 0.25) is 0 Å². The third-order valence-corrected chi connectivity index (χ3v) is 5.33. The molecule has 124 valence electrons. The minimum absolute atomic E-state index is 0.0617. The van der Waals surface area contributed by atoms with Crippen molar-refractivity contribution in [3.05, 3.63) is 34.3 Å². The van der Waals surface area contributed by atoms with Crippen LogP contribution in [0.25, 0.3) is 0 Å². The van der Waals surface area contributed by atoms with E-state index >= 15 is 0 Å². The smallest absolute Gasteiger partial charge is 0.251 e. The molecule has 2 aliphatic rings. The molecule has 0 radical (unpaired) electrons. The fourth-order valence-corrected chi connectivity index (χ4v) is 4.15. The number of likely N-dealkylation sites (tertiary alicyclic amines) is 1. The topological polar surface area (TPSA) is 49.4 Å². The maximum Gasteiger partial charge on any atom is 0.251 e. The number of halogens is 1. The molecule has 1 saturated carbocycles. The Bertz CT molecular complexity index is 611. The van der Waals surface area contributed by atoms with Gasteiger partial charge < -0.3 is 5.32 Å². The average Bonchev–Trinajstić information content (AvgIpc) is 2.96. The quantitative estimate of drug-likeness (QED) is 0.924. The largest absolute Gasteiger partial charge is 0.355 e. The Balaban J connectivity index is 1.96. The Kier molecular flexibility index (Phi) is 5.02. The van der Waals surface area contributed by atoms with Gasteiger partial charge in [0.15, 0.2) is 0 Å². The molecule has 1 saturated heterocycles. The molecule has 1 aliphatic carbocycles. The number of hydrogen-bond donors (Lipinski definition) is 1. The number of nitrogens with zero attached hydrogens (tertiary/aromatic N) is 1. The highest BCUT2D eigenvalue weighted by molar-refractivity contribution is 6.30. The number of benzene rings is 1. The van der Waals surface area contributed by atoms with Crippen LogP contribution in [0.3, 0.4) is 0 Å². The number of carbonyl (C=O) groups is 2. The molecule has 4 nitrogen and oxygen atoms in total. The highest BCUT2D eigenvalue weighted by Gasteiger charge is 2.39. The average molecular weight is 335 g/mol. The molecular formula is C18H23ClN2O2. The molecule has 2 fully saturated rings. The van der Waals surface area contributed by atoms with Gasteiger partial charge in [0.05, 0.1) is 0 Å². The molecule has 1 aliphatic heterocycles. The van der Waals surface area contributed by atoms with Crippen LogP contribution < -0.4 is 5.32 Å². The van der Waals surface area contributed by atoms with Crippen LogP contribution in [0.4, 0.5) is 0 Å². The van der Waals surface area contributed by atoms with Gasteiger partial charge in [0.1, 0.15) is 5.78 Å². The zero-order valence-corrected chi connectivity index (χ0v) is 14.2. The molecule has 1 heterocycles. The van der Waals surface area contributed by atoms with Gasteiger partial charge >= 0.3 is 0 Å². The number of carbonyl (C=O) groups excluding carboxylic acids is 2. The van der Waals surface area contributed by atoms with Gasteiger partial charge in [-0.2, -0.15) is 0 Å². The monoisotopic (exact) mass is 334 g/mol. The lowest BCUT2D eigenvalue weighted by atomic mass is 9.88. The highest BCUT2D eigenvalue weighted by atomic mass is 35.5. The fraction of sp³-hybridized carbons (Fsp3) is 0.556. The van der Waals surface area contributed by atoms with Crippen LogP contribution in [0.1, 0.15) is 53.9 Å². The third kappa shape index (κ3) is 3.43.